The monoisotopic (exact) mass is 273 g/mol. The normalized spacial score (nSPS) is 19.6. The molecule has 1 aromatic rings. The number of carbonyl (C=O) groups is 1. The molecule has 19 heavy (non-hydrogen) atoms. The number of nitrogens with one attached hydrogen (secondary N) is 1. The van der Waals surface area contributed by atoms with Crippen LogP contribution in [0.4, 0.5) is 18.9 Å². The lowest BCUT2D eigenvalue weighted by Gasteiger charge is -2.18. The molecule has 0 radical (unpaired) electrons. The van der Waals surface area contributed by atoms with Crippen LogP contribution < -0.4 is 11.3 Å². The van der Waals surface area contributed by atoms with Crippen LogP contribution in [0.15, 0.2) is 24.3 Å². The molecule has 7 heteroatoms. The van der Waals surface area contributed by atoms with Gasteiger partial charge in [0.1, 0.15) is 0 Å². The number of benzene rings is 1. The average Bonchev–Trinajstić information content (AvgIpc) is 2.87. The van der Waals surface area contributed by atoms with E-state index in [-0.39, 0.29) is 25.4 Å². The van der Waals surface area contributed by atoms with Gasteiger partial charge in [0.15, 0.2) is 0 Å². The van der Waals surface area contributed by atoms with Gasteiger partial charge in [-0.3, -0.25) is 10.6 Å². The Hall–Kier alpha value is -1.76. The molecule has 1 amide bonds. The number of halogens is 3. The number of hydrazine groups is 1. The van der Waals surface area contributed by atoms with E-state index in [2.05, 4.69) is 5.43 Å². The molecular formula is C12H14F3N3O. The summed E-state index contributed by atoms with van der Waals surface area (Å²) in [4.78, 5) is 13.3. The number of carbonyl (C=O) groups excluding carboxylic acids is 1. The second kappa shape index (κ2) is 5.08. The van der Waals surface area contributed by atoms with E-state index in [1.165, 1.54) is 4.90 Å². The first-order chi connectivity index (χ1) is 8.91. The summed E-state index contributed by atoms with van der Waals surface area (Å²) in [5.74, 6) is 3.40. The largest absolute Gasteiger partial charge is 0.393 e. The Morgan fingerprint density at radius 3 is 2.42 bits per heavy atom. The molecule has 1 aromatic carbocycles. The Morgan fingerprint density at radius 2 is 1.95 bits per heavy atom. The lowest BCUT2D eigenvalue weighted by molar-refractivity contribution is -0.169. The van der Waals surface area contributed by atoms with Crippen molar-refractivity contribution in [1.29, 1.82) is 0 Å². The number of nitrogens with zero attached hydrogens (tertiary/aromatic N) is 1. The highest BCUT2D eigenvalue weighted by molar-refractivity contribution is 5.94. The first-order valence-corrected chi connectivity index (χ1v) is 5.84. The van der Waals surface area contributed by atoms with Crippen molar-refractivity contribution in [1.82, 2.24) is 4.90 Å². The Labute approximate surface area is 108 Å². The zero-order chi connectivity index (χ0) is 14.0. The summed E-state index contributed by atoms with van der Waals surface area (Å²) in [6.45, 7) is -0.126. The molecule has 1 unspecified atom stereocenters. The summed E-state index contributed by atoms with van der Waals surface area (Å²) in [6.07, 6.45) is -4.26. The third-order valence-corrected chi connectivity index (χ3v) is 3.24. The molecule has 1 saturated heterocycles. The van der Waals surface area contributed by atoms with Gasteiger partial charge in [-0.15, -0.1) is 0 Å². The fraction of sp³-hybridized carbons (Fsp3) is 0.417. The number of anilines is 1. The number of hydrogen-bond donors (Lipinski definition) is 2. The van der Waals surface area contributed by atoms with Crippen LogP contribution in [0.25, 0.3) is 0 Å². The number of nitrogens with two attached hydrogens (primary N) is 1. The molecule has 1 fully saturated rings. The van der Waals surface area contributed by atoms with Crippen molar-refractivity contribution in [2.75, 3.05) is 18.5 Å². The maximum Gasteiger partial charge on any atom is 0.393 e. The maximum atomic E-state index is 12.5. The van der Waals surface area contributed by atoms with Crippen LogP contribution in [-0.2, 0) is 0 Å². The minimum atomic E-state index is -4.23. The lowest BCUT2D eigenvalue weighted by Crippen LogP contribution is -2.31. The van der Waals surface area contributed by atoms with Gasteiger partial charge in [0, 0.05) is 24.3 Å². The average molecular weight is 273 g/mol. The fourth-order valence-corrected chi connectivity index (χ4v) is 2.10. The quantitative estimate of drug-likeness (QED) is 0.640. The lowest BCUT2D eigenvalue weighted by atomic mass is 10.1. The molecule has 4 nitrogen and oxygen atoms in total. The van der Waals surface area contributed by atoms with Crippen LogP contribution in [0.1, 0.15) is 16.8 Å². The van der Waals surface area contributed by atoms with Crippen molar-refractivity contribution >= 4 is 11.6 Å². The van der Waals surface area contributed by atoms with Gasteiger partial charge in [-0.2, -0.15) is 13.2 Å². The second-order valence-corrected chi connectivity index (χ2v) is 4.50. The van der Waals surface area contributed by atoms with Gasteiger partial charge in [-0.25, -0.2) is 0 Å². The van der Waals surface area contributed by atoms with Gasteiger partial charge >= 0.3 is 6.18 Å². The third-order valence-electron chi connectivity index (χ3n) is 3.24. The van der Waals surface area contributed by atoms with Gasteiger partial charge < -0.3 is 10.3 Å². The molecule has 0 bridgehead atoms. The maximum absolute atomic E-state index is 12.5. The number of amides is 1. The van der Waals surface area contributed by atoms with Crippen molar-refractivity contribution in [3.8, 4) is 0 Å². The number of nitrogen functional groups attached to an aromatic ring is 1. The Morgan fingerprint density at radius 1 is 1.32 bits per heavy atom. The molecule has 104 valence electrons. The van der Waals surface area contributed by atoms with E-state index in [4.69, 9.17) is 5.84 Å². The molecule has 1 aliphatic rings. The highest BCUT2D eigenvalue weighted by atomic mass is 19.4. The van der Waals surface area contributed by atoms with E-state index in [0.29, 0.717) is 11.3 Å². The Bertz CT molecular complexity index is 458. The van der Waals surface area contributed by atoms with E-state index >= 15 is 0 Å². The molecule has 0 spiro atoms. The van der Waals surface area contributed by atoms with E-state index in [0.717, 1.165) is 0 Å². The van der Waals surface area contributed by atoms with E-state index in [1.807, 2.05) is 0 Å². The standard InChI is InChI=1S/C12H14F3N3O/c13-12(14,15)9-5-6-18(7-9)11(19)8-1-3-10(17-16)4-2-8/h1-4,9,17H,5-7,16H2. The van der Waals surface area contributed by atoms with Crippen LogP contribution in [0.5, 0.6) is 0 Å². The van der Waals surface area contributed by atoms with Gasteiger partial charge in [-0.05, 0) is 30.7 Å². The zero-order valence-electron chi connectivity index (χ0n) is 10.1. The van der Waals surface area contributed by atoms with Crippen LogP contribution >= 0.6 is 0 Å². The topological polar surface area (TPSA) is 58.4 Å². The van der Waals surface area contributed by atoms with Gasteiger partial charge in [-0.1, -0.05) is 0 Å². The summed E-state index contributed by atoms with van der Waals surface area (Å²) >= 11 is 0. The van der Waals surface area contributed by atoms with Crippen molar-refractivity contribution in [3.63, 3.8) is 0 Å². The number of hydrogen-bond acceptors (Lipinski definition) is 3. The fourth-order valence-electron chi connectivity index (χ4n) is 2.10. The molecule has 1 heterocycles. The summed E-state index contributed by atoms with van der Waals surface area (Å²) in [5, 5.41) is 0. The summed E-state index contributed by atoms with van der Waals surface area (Å²) in [6, 6.07) is 6.28. The first kappa shape index (κ1) is 13.7. The van der Waals surface area contributed by atoms with E-state index in [9.17, 15) is 18.0 Å². The van der Waals surface area contributed by atoms with Crippen LogP contribution in [0, 0.1) is 5.92 Å². The molecule has 0 aliphatic carbocycles. The first-order valence-electron chi connectivity index (χ1n) is 5.84. The van der Waals surface area contributed by atoms with Crippen LogP contribution in [0.2, 0.25) is 0 Å². The number of likely N-dealkylation sites (tertiary alicyclic amines) is 1. The second-order valence-electron chi connectivity index (χ2n) is 4.50. The van der Waals surface area contributed by atoms with Gasteiger partial charge in [0.05, 0.1) is 5.92 Å². The van der Waals surface area contributed by atoms with Crippen LogP contribution in [-0.4, -0.2) is 30.1 Å². The summed E-state index contributed by atoms with van der Waals surface area (Å²) in [7, 11) is 0. The highest BCUT2D eigenvalue weighted by Crippen LogP contribution is 2.33. The van der Waals surface area contributed by atoms with Crippen molar-refractivity contribution in [2.24, 2.45) is 11.8 Å². The SMILES string of the molecule is NNc1ccc(C(=O)N2CCC(C(F)(F)F)C2)cc1. The highest BCUT2D eigenvalue weighted by Gasteiger charge is 2.44. The third kappa shape index (κ3) is 2.98. The summed E-state index contributed by atoms with van der Waals surface area (Å²) < 4.78 is 37.6. The molecule has 0 saturated carbocycles. The Kier molecular flexibility index (Phi) is 3.66. The number of alkyl halides is 3. The van der Waals surface area contributed by atoms with Crippen molar-refractivity contribution < 1.29 is 18.0 Å². The van der Waals surface area contributed by atoms with E-state index < -0.39 is 12.1 Å². The van der Waals surface area contributed by atoms with E-state index in [1.54, 1.807) is 24.3 Å². The summed E-state index contributed by atoms with van der Waals surface area (Å²) in [5.41, 5.74) is 3.41. The molecule has 1 aliphatic heterocycles. The molecule has 1 atom stereocenters. The molecular weight excluding hydrogens is 259 g/mol. The molecule has 2 rings (SSSR count). The minimum absolute atomic E-state index is 0.0301. The van der Waals surface area contributed by atoms with Crippen molar-refractivity contribution in [2.45, 2.75) is 12.6 Å². The smallest absolute Gasteiger partial charge is 0.338 e. The minimum Gasteiger partial charge on any atom is -0.338 e. The van der Waals surface area contributed by atoms with Gasteiger partial charge in [0.2, 0.25) is 0 Å². The van der Waals surface area contributed by atoms with Crippen molar-refractivity contribution in [3.05, 3.63) is 29.8 Å². The van der Waals surface area contributed by atoms with Crippen LogP contribution in [0.3, 0.4) is 0 Å². The molecule has 3 N–H and O–H groups in total. The number of rotatable bonds is 2. The zero-order valence-corrected chi connectivity index (χ0v) is 10.1. The predicted octanol–water partition coefficient (Wildman–Crippen LogP) is 2.00. The predicted molar refractivity (Wildman–Crippen MR) is 64.3 cm³/mol. The van der Waals surface area contributed by atoms with Gasteiger partial charge in [0.25, 0.3) is 5.91 Å². The Balaban J connectivity index is 2.04. The molecule has 0 aromatic heterocycles.